The number of hydrogen-bond donors (Lipinski definition) is 0. The Hall–Kier alpha value is -4.73. The van der Waals surface area contributed by atoms with Gasteiger partial charge < -0.3 is 19.1 Å². The van der Waals surface area contributed by atoms with Crippen molar-refractivity contribution in [2.45, 2.75) is 6.92 Å². The molecule has 2 heterocycles. The summed E-state index contributed by atoms with van der Waals surface area (Å²) in [6, 6.07) is 11.4. The van der Waals surface area contributed by atoms with Gasteiger partial charge in [-0.15, -0.1) is 0 Å². The summed E-state index contributed by atoms with van der Waals surface area (Å²) in [7, 11) is 4.54. The third-order valence-corrected chi connectivity index (χ3v) is 5.34. The molecular weight excluding hydrogens is 454 g/mol. The quantitative estimate of drug-likeness (QED) is 0.287. The van der Waals surface area contributed by atoms with Crippen LogP contribution < -0.4 is 14.2 Å². The van der Waals surface area contributed by atoms with Gasteiger partial charge in [-0.25, -0.2) is 4.79 Å². The van der Waals surface area contributed by atoms with E-state index < -0.39 is 23.6 Å². The van der Waals surface area contributed by atoms with Crippen LogP contribution in [0.5, 0.6) is 17.2 Å². The summed E-state index contributed by atoms with van der Waals surface area (Å²) in [4.78, 5) is 57.0. The zero-order valence-corrected chi connectivity index (χ0v) is 19.4. The number of amides is 2. The summed E-state index contributed by atoms with van der Waals surface area (Å²) in [6.07, 6.45) is 2.62. The Kier molecular flexibility index (Phi) is 6.20. The van der Waals surface area contributed by atoms with Gasteiger partial charge in [0, 0.05) is 20.2 Å². The molecule has 178 valence electrons. The number of nitrogens with zero attached hydrogens (tertiary/aromatic N) is 3. The molecule has 4 rings (SSSR count). The fourth-order valence-corrected chi connectivity index (χ4v) is 3.65. The summed E-state index contributed by atoms with van der Waals surface area (Å²) in [6.45, 7) is 1.23. The second kappa shape index (κ2) is 9.26. The molecule has 0 saturated carbocycles. The average Bonchev–Trinajstić information content (AvgIpc) is 3.05. The smallest absolute Gasteiger partial charge is 0.349 e. The molecule has 0 aromatic heterocycles. The van der Waals surface area contributed by atoms with Crippen LogP contribution in [0.25, 0.3) is 6.08 Å². The van der Waals surface area contributed by atoms with Crippen LogP contribution in [0.15, 0.2) is 64.9 Å². The number of guanidine groups is 1. The van der Waals surface area contributed by atoms with Gasteiger partial charge >= 0.3 is 5.97 Å². The zero-order valence-electron chi connectivity index (χ0n) is 19.4. The number of aliphatic imine (C=N–C) groups is 1. The SMILES string of the molecule is COc1ccc(C=C2C(=O)N(C=C3C(=O)Oc4ccccc4C3=O)C(=NC(C)=O)N2C)cc1OC. The first kappa shape index (κ1) is 23.4. The molecule has 0 spiro atoms. The summed E-state index contributed by atoms with van der Waals surface area (Å²) in [5.74, 6) is -1.65. The number of para-hydroxylation sites is 1. The van der Waals surface area contributed by atoms with Crippen LogP contribution in [0.3, 0.4) is 0 Å². The summed E-state index contributed by atoms with van der Waals surface area (Å²) < 4.78 is 15.8. The lowest BCUT2D eigenvalue weighted by Crippen LogP contribution is -2.33. The number of carbonyl (C=O) groups is 4. The van der Waals surface area contributed by atoms with Gasteiger partial charge in [0.2, 0.25) is 17.6 Å². The van der Waals surface area contributed by atoms with E-state index in [-0.39, 0.29) is 28.5 Å². The van der Waals surface area contributed by atoms with Crippen molar-refractivity contribution >= 4 is 35.6 Å². The third-order valence-electron chi connectivity index (χ3n) is 5.34. The van der Waals surface area contributed by atoms with E-state index in [1.54, 1.807) is 43.5 Å². The first-order chi connectivity index (χ1) is 16.7. The van der Waals surface area contributed by atoms with Gasteiger partial charge in [0.1, 0.15) is 17.0 Å². The molecule has 0 radical (unpaired) electrons. The highest BCUT2D eigenvalue weighted by molar-refractivity contribution is 6.28. The van der Waals surface area contributed by atoms with Gasteiger partial charge in [-0.05, 0) is 35.9 Å². The molecular formula is C25H21N3O7. The van der Waals surface area contributed by atoms with E-state index in [0.29, 0.717) is 17.1 Å². The second-order valence-electron chi connectivity index (χ2n) is 7.57. The molecule has 2 aromatic rings. The lowest BCUT2D eigenvalue weighted by Gasteiger charge is -2.19. The minimum absolute atomic E-state index is 0.0683. The first-order valence-electron chi connectivity index (χ1n) is 10.4. The van der Waals surface area contributed by atoms with Crippen LogP contribution in [-0.4, -0.2) is 60.6 Å². The standard InChI is InChI=1S/C25H21N3O7/c1-14(29)26-25-27(2)18(11-15-9-10-20(33-3)21(12-15)34-4)23(31)28(25)13-17-22(30)16-7-5-6-8-19(16)35-24(17)32/h5-13H,1-4H3. The second-order valence-corrected chi connectivity index (χ2v) is 7.57. The van der Waals surface area contributed by atoms with Crippen molar-refractivity contribution in [3.63, 3.8) is 0 Å². The molecule has 35 heavy (non-hydrogen) atoms. The van der Waals surface area contributed by atoms with Crippen molar-refractivity contribution in [1.82, 2.24) is 9.80 Å². The minimum atomic E-state index is -0.913. The summed E-state index contributed by atoms with van der Waals surface area (Å²) in [5, 5.41) is 0. The summed E-state index contributed by atoms with van der Waals surface area (Å²) in [5.41, 5.74) is 0.571. The Balaban J connectivity index is 1.78. The van der Waals surface area contributed by atoms with E-state index in [2.05, 4.69) is 4.99 Å². The fourth-order valence-electron chi connectivity index (χ4n) is 3.65. The summed E-state index contributed by atoms with van der Waals surface area (Å²) >= 11 is 0. The van der Waals surface area contributed by atoms with Gasteiger partial charge in [-0.2, -0.15) is 4.99 Å². The van der Waals surface area contributed by atoms with Crippen LogP contribution in [-0.2, 0) is 14.4 Å². The molecule has 0 N–H and O–H groups in total. The van der Waals surface area contributed by atoms with Crippen molar-refractivity contribution < 1.29 is 33.4 Å². The molecule has 2 aliphatic heterocycles. The van der Waals surface area contributed by atoms with E-state index in [9.17, 15) is 19.2 Å². The number of ether oxygens (including phenoxy) is 3. The van der Waals surface area contributed by atoms with Crippen molar-refractivity contribution in [2.24, 2.45) is 4.99 Å². The molecule has 0 bridgehead atoms. The van der Waals surface area contributed by atoms with Crippen molar-refractivity contribution in [3.8, 4) is 17.2 Å². The number of likely N-dealkylation sites (N-methyl/N-ethyl adjacent to an activating group) is 1. The third kappa shape index (κ3) is 4.29. The van der Waals surface area contributed by atoms with Gasteiger partial charge in [0.05, 0.1) is 19.8 Å². The number of ketones is 1. The van der Waals surface area contributed by atoms with Crippen LogP contribution in [0.1, 0.15) is 22.8 Å². The van der Waals surface area contributed by atoms with E-state index in [1.807, 2.05) is 0 Å². The molecule has 2 aliphatic rings. The predicted molar refractivity (Wildman–Crippen MR) is 125 cm³/mol. The van der Waals surface area contributed by atoms with E-state index >= 15 is 0 Å². The number of fused-ring (bicyclic) bond motifs is 1. The van der Waals surface area contributed by atoms with Crippen LogP contribution in [0, 0.1) is 0 Å². The van der Waals surface area contributed by atoms with Crippen LogP contribution in [0.2, 0.25) is 0 Å². The maximum absolute atomic E-state index is 13.4. The maximum atomic E-state index is 13.4. The molecule has 0 aliphatic carbocycles. The number of Topliss-reactive ketones (excluding diaryl/α,β-unsaturated/α-hetero) is 1. The van der Waals surface area contributed by atoms with Crippen molar-refractivity contribution in [3.05, 3.63) is 71.1 Å². The Labute approximate surface area is 200 Å². The largest absolute Gasteiger partial charge is 0.493 e. The highest BCUT2D eigenvalue weighted by atomic mass is 16.5. The Bertz CT molecular complexity index is 1360. The van der Waals surface area contributed by atoms with Gasteiger partial charge in [0.15, 0.2) is 11.5 Å². The van der Waals surface area contributed by atoms with Gasteiger partial charge in [-0.1, -0.05) is 18.2 Å². The molecule has 2 aromatic carbocycles. The Morgan fingerprint density at radius 1 is 1.03 bits per heavy atom. The molecule has 10 nitrogen and oxygen atoms in total. The minimum Gasteiger partial charge on any atom is -0.493 e. The predicted octanol–water partition coefficient (Wildman–Crippen LogP) is 2.41. The number of benzene rings is 2. The molecule has 0 atom stereocenters. The highest BCUT2D eigenvalue weighted by Crippen LogP contribution is 2.32. The van der Waals surface area contributed by atoms with Crippen LogP contribution in [0.4, 0.5) is 0 Å². The van der Waals surface area contributed by atoms with Crippen molar-refractivity contribution in [1.29, 1.82) is 0 Å². The highest BCUT2D eigenvalue weighted by Gasteiger charge is 2.39. The Morgan fingerprint density at radius 3 is 2.43 bits per heavy atom. The lowest BCUT2D eigenvalue weighted by atomic mass is 10.0. The van der Waals surface area contributed by atoms with Crippen molar-refractivity contribution in [2.75, 3.05) is 21.3 Å². The number of carbonyl (C=O) groups excluding carboxylic acids is 4. The maximum Gasteiger partial charge on any atom is 0.349 e. The van der Waals surface area contributed by atoms with E-state index in [0.717, 1.165) is 11.1 Å². The normalized spacial score (nSPS) is 18.9. The average molecular weight is 475 g/mol. The number of methoxy groups -OCH3 is 2. The number of esters is 1. The topological polar surface area (TPSA) is 115 Å². The first-order valence-corrected chi connectivity index (χ1v) is 10.4. The van der Waals surface area contributed by atoms with Gasteiger partial charge in [0.25, 0.3) is 5.91 Å². The van der Waals surface area contributed by atoms with E-state index in [4.69, 9.17) is 14.2 Å². The molecule has 1 fully saturated rings. The molecule has 10 heteroatoms. The van der Waals surface area contributed by atoms with Crippen LogP contribution >= 0.6 is 0 Å². The lowest BCUT2D eigenvalue weighted by molar-refractivity contribution is -0.130. The number of rotatable bonds is 4. The molecule has 2 amide bonds. The molecule has 0 unspecified atom stereocenters. The molecule has 1 saturated heterocycles. The fraction of sp³-hybridized carbons (Fsp3) is 0.160. The van der Waals surface area contributed by atoms with E-state index in [1.165, 1.54) is 38.2 Å². The zero-order chi connectivity index (χ0) is 25.3. The van der Waals surface area contributed by atoms with Gasteiger partial charge in [-0.3, -0.25) is 19.3 Å². The monoisotopic (exact) mass is 475 g/mol. The number of hydrogen-bond acceptors (Lipinski definition) is 7. The Morgan fingerprint density at radius 2 is 1.74 bits per heavy atom.